The van der Waals surface area contributed by atoms with Gasteiger partial charge in [-0.05, 0) is 51.5 Å². The van der Waals surface area contributed by atoms with Gasteiger partial charge in [0.05, 0.1) is 6.04 Å². The first-order chi connectivity index (χ1) is 14.2. The van der Waals surface area contributed by atoms with Gasteiger partial charge in [0.25, 0.3) is 0 Å². The van der Waals surface area contributed by atoms with Crippen molar-refractivity contribution in [3.63, 3.8) is 0 Å². The van der Waals surface area contributed by atoms with Crippen molar-refractivity contribution in [2.24, 2.45) is 5.92 Å². The summed E-state index contributed by atoms with van der Waals surface area (Å²) in [5.41, 5.74) is 0.701. The van der Waals surface area contributed by atoms with E-state index in [1.807, 2.05) is 43.9 Å². The lowest BCUT2D eigenvalue weighted by atomic mass is 9.95. The number of amides is 2. The molecule has 1 atom stereocenters. The Bertz CT molecular complexity index is 711. The van der Waals surface area contributed by atoms with Crippen molar-refractivity contribution in [2.75, 3.05) is 39.3 Å². The first-order valence-corrected chi connectivity index (χ1v) is 10.9. The van der Waals surface area contributed by atoms with Crippen molar-refractivity contribution in [1.82, 2.24) is 14.7 Å². The molecule has 2 heterocycles. The molecule has 7 heteroatoms. The summed E-state index contributed by atoms with van der Waals surface area (Å²) in [6, 6.07) is 10.1. The Labute approximate surface area is 179 Å². The van der Waals surface area contributed by atoms with E-state index in [2.05, 4.69) is 17.0 Å². The van der Waals surface area contributed by atoms with Gasteiger partial charge in [-0.25, -0.2) is 9.59 Å². The normalized spacial score (nSPS) is 21.5. The Hall–Kier alpha value is -2.28. The van der Waals surface area contributed by atoms with Gasteiger partial charge in [-0.15, -0.1) is 0 Å². The zero-order valence-electron chi connectivity index (χ0n) is 18.4. The summed E-state index contributed by atoms with van der Waals surface area (Å²) < 4.78 is 5.48. The number of nitrogens with zero attached hydrogens (tertiary/aromatic N) is 3. The first-order valence-electron chi connectivity index (χ1n) is 10.9. The number of likely N-dealkylation sites (tertiary alicyclic amines) is 1. The van der Waals surface area contributed by atoms with Crippen LogP contribution in [0.2, 0.25) is 0 Å². The second-order valence-electron chi connectivity index (χ2n) is 9.49. The maximum Gasteiger partial charge on any atom is 0.410 e. The maximum absolute atomic E-state index is 12.3. The molecular weight excluding hydrogens is 382 g/mol. The van der Waals surface area contributed by atoms with Crippen LogP contribution in [0.1, 0.15) is 39.2 Å². The van der Waals surface area contributed by atoms with E-state index in [4.69, 9.17) is 4.74 Å². The van der Waals surface area contributed by atoms with Crippen molar-refractivity contribution >= 4 is 12.2 Å². The van der Waals surface area contributed by atoms with Gasteiger partial charge < -0.3 is 19.6 Å². The summed E-state index contributed by atoms with van der Waals surface area (Å²) in [6.07, 6.45) is 1.60. The molecule has 2 aliphatic rings. The van der Waals surface area contributed by atoms with Crippen molar-refractivity contribution < 1.29 is 19.4 Å². The van der Waals surface area contributed by atoms with Gasteiger partial charge in [0.1, 0.15) is 5.60 Å². The molecule has 1 unspecified atom stereocenters. The van der Waals surface area contributed by atoms with E-state index in [0.29, 0.717) is 12.5 Å². The molecule has 1 aromatic carbocycles. The standard InChI is InChI=1S/C23H35N3O4/c1-23(2,3)30-22(29)25-11-9-19(10-12-25)16-24-13-14-26(21(27)28)20(17-24)15-18-7-5-4-6-8-18/h4-8,19-20H,9-17H2,1-3H3,(H,27,28). The van der Waals surface area contributed by atoms with E-state index in [1.54, 1.807) is 4.90 Å². The number of carboxylic acid groups (broad SMARTS) is 1. The molecule has 30 heavy (non-hydrogen) atoms. The molecule has 0 aliphatic carbocycles. The molecule has 0 saturated carbocycles. The molecule has 0 spiro atoms. The van der Waals surface area contributed by atoms with Crippen LogP contribution >= 0.6 is 0 Å². The number of hydrogen-bond donors (Lipinski definition) is 1. The zero-order valence-corrected chi connectivity index (χ0v) is 18.4. The highest BCUT2D eigenvalue weighted by Crippen LogP contribution is 2.23. The summed E-state index contributed by atoms with van der Waals surface area (Å²) in [5, 5.41) is 9.61. The van der Waals surface area contributed by atoms with Crippen LogP contribution in [0, 0.1) is 5.92 Å². The lowest BCUT2D eigenvalue weighted by Crippen LogP contribution is -2.56. The molecule has 2 amide bonds. The van der Waals surface area contributed by atoms with Gasteiger partial charge in [0.2, 0.25) is 0 Å². The summed E-state index contributed by atoms with van der Waals surface area (Å²) in [5.74, 6) is 0.525. The fraction of sp³-hybridized carbons (Fsp3) is 0.652. The minimum absolute atomic E-state index is 0.0273. The predicted octanol–water partition coefficient (Wildman–Crippen LogP) is 3.54. The van der Waals surface area contributed by atoms with E-state index < -0.39 is 11.7 Å². The minimum atomic E-state index is -0.832. The van der Waals surface area contributed by atoms with E-state index in [0.717, 1.165) is 52.0 Å². The molecule has 1 aromatic rings. The first kappa shape index (κ1) is 22.4. The molecule has 0 aromatic heterocycles. The maximum atomic E-state index is 12.3. The molecule has 1 N–H and O–H groups in total. The van der Waals surface area contributed by atoms with Crippen LogP contribution in [0.15, 0.2) is 30.3 Å². The number of benzene rings is 1. The number of carbonyl (C=O) groups excluding carboxylic acids is 1. The van der Waals surface area contributed by atoms with Crippen LogP contribution in [-0.2, 0) is 11.2 Å². The number of hydrogen-bond acceptors (Lipinski definition) is 4. The summed E-state index contributed by atoms with van der Waals surface area (Å²) in [4.78, 5) is 29.8. The summed E-state index contributed by atoms with van der Waals surface area (Å²) in [7, 11) is 0. The fourth-order valence-corrected chi connectivity index (χ4v) is 4.39. The van der Waals surface area contributed by atoms with Crippen molar-refractivity contribution in [1.29, 1.82) is 0 Å². The van der Waals surface area contributed by atoms with Crippen LogP contribution in [0.3, 0.4) is 0 Å². The average Bonchev–Trinajstić information content (AvgIpc) is 2.68. The van der Waals surface area contributed by atoms with Gasteiger partial charge in [-0.1, -0.05) is 30.3 Å². The highest BCUT2D eigenvalue weighted by Gasteiger charge is 2.33. The quantitative estimate of drug-likeness (QED) is 0.811. The molecule has 3 rings (SSSR count). The van der Waals surface area contributed by atoms with E-state index in [-0.39, 0.29) is 12.1 Å². The van der Waals surface area contributed by atoms with E-state index in [1.165, 1.54) is 5.56 Å². The Morgan fingerprint density at radius 2 is 1.73 bits per heavy atom. The minimum Gasteiger partial charge on any atom is -0.465 e. The number of piperazine rings is 1. The molecule has 2 fully saturated rings. The molecule has 7 nitrogen and oxygen atoms in total. The highest BCUT2D eigenvalue weighted by molar-refractivity contribution is 5.68. The Kier molecular flexibility index (Phi) is 7.23. The molecule has 2 aliphatic heterocycles. The van der Waals surface area contributed by atoms with Gasteiger partial charge in [0, 0.05) is 39.3 Å². The topological polar surface area (TPSA) is 73.3 Å². The fourth-order valence-electron chi connectivity index (χ4n) is 4.39. The summed E-state index contributed by atoms with van der Waals surface area (Å²) >= 11 is 0. The molecule has 2 saturated heterocycles. The highest BCUT2D eigenvalue weighted by atomic mass is 16.6. The Balaban J connectivity index is 1.51. The van der Waals surface area contributed by atoms with Crippen molar-refractivity contribution in [3.8, 4) is 0 Å². The predicted molar refractivity (Wildman–Crippen MR) is 116 cm³/mol. The third-order valence-corrected chi connectivity index (χ3v) is 5.91. The van der Waals surface area contributed by atoms with Gasteiger partial charge in [-0.2, -0.15) is 0 Å². The smallest absolute Gasteiger partial charge is 0.410 e. The van der Waals surface area contributed by atoms with E-state index in [9.17, 15) is 14.7 Å². The molecule has 0 radical (unpaired) electrons. The van der Waals surface area contributed by atoms with Crippen LogP contribution in [-0.4, -0.2) is 82.9 Å². The molecular formula is C23H35N3O4. The zero-order chi connectivity index (χ0) is 21.7. The number of carbonyl (C=O) groups is 2. The van der Waals surface area contributed by atoms with Gasteiger partial charge >= 0.3 is 12.2 Å². The van der Waals surface area contributed by atoms with Crippen molar-refractivity contribution in [2.45, 2.75) is 51.7 Å². The summed E-state index contributed by atoms with van der Waals surface area (Å²) in [6.45, 7) is 10.1. The SMILES string of the molecule is CC(C)(C)OC(=O)N1CCC(CN2CCN(C(=O)O)C(Cc3ccccc3)C2)CC1. The average molecular weight is 418 g/mol. The second kappa shape index (κ2) is 9.69. The largest absolute Gasteiger partial charge is 0.465 e. The van der Waals surface area contributed by atoms with Crippen LogP contribution in [0.4, 0.5) is 9.59 Å². The Morgan fingerprint density at radius 1 is 1.07 bits per heavy atom. The lowest BCUT2D eigenvalue weighted by molar-refractivity contribution is 0.0148. The van der Waals surface area contributed by atoms with Crippen LogP contribution in [0.5, 0.6) is 0 Å². The third kappa shape index (κ3) is 6.36. The van der Waals surface area contributed by atoms with Crippen LogP contribution in [0.25, 0.3) is 0 Å². The number of ether oxygens (including phenoxy) is 1. The Morgan fingerprint density at radius 3 is 2.33 bits per heavy atom. The van der Waals surface area contributed by atoms with Crippen molar-refractivity contribution in [3.05, 3.63) is 35.9 Å². The molecule has 0 bridgehead atoms. The monoisotopic (exact) mass is 417 g/mol. The lowest BCUT2D eigenvalue weighted by Gasteiger charge is -2.42. The number of piperidine rings is 1. The third-order valence-electron chi connectivity index (χ3n) is 5.91. The van der Waals surface area contributed by atoms with Gasteiger partial charge in [0.15, 0.2) is 0 Å². The second-order valence-corrected chi connectivity index (χ2v) is 9.49. The van der Waals surface area contributed by atoms with Crippen LogP contribution < -0.4 is 0 Å². The molecule has 166 valence electrons. The van der Waals surface area contributed by atoms with E-state index >= 15 is 0 Å². The number of rotatable bonds is 4. The van der Waals surface area contributed by atoms with Gasteiger partial charge in [-0.3, -0.25) is 4.90 Å².